The summed E-state index contributed by atoms with van der Waals surface area (Å²) in [6.45, 7) is 9.56. The lowest BCUT2D eigenvalue weighted by molar-refractivity contribution is -0.121. The monoisotopic (exact) mass is 364 g/mol. The van der Waals surface area contributed by atoms with Crippen LogP contribution < -0.4 is 10.2 Å². The van der Waals surface area contributed by atoms with E-state index in [1.807, 2.05) is 0 Å². The van der Waals surface area contributed by atoms with E-state index in [-0.39, 0.29) is 11.3 Å². The number of aryl methyl sites for hydroxylation is 1. The van der Waals surface area contributed by atoms with Gasteiger partial charge in [-0.1, -0.05) is 57.2 Å². The molecule has 0 atom stereocenters. The molecule has 1 fully saturated rings. The van der Waals surface area contributed by atoms with Gasteiger partial charge in [-0.05, 0) is 53.5 Å². The molecule has 3 nitrogen and oxygen atoms in total. The average Bonchev–Trinajstić information content (AvgIpc) is 3.19. The lowest BCUT2D eigenvalue weighted by atomic mass is 9.86. The Labute approximate surface area is 163 Å². The van der Waals surface area contributed by atoms with Crippen LogP contribution in [0, 0.1) is 0 Å². The molecule has 3 rings (SSSR count). The Kier molecular flexibility index (Phi) is 6.20. The largest absolute Gasteiger partial charge is 0.372 e. The minimum atomic E-state index is 0.110. The quantitative estimate of drug-likeness (QED) is 0.796. The van der Waals surface area contributed by atoms with Crippen LogP contribution in [0.1, 0.15) is 56.7 Å². The van der Waals surface area contributed by atoms with Crippen LogP contribution in [-0.4, -0.2) is 19.0 Å². The van der Waals surface area contributed by atoms with E-state index in [1.54, 1.807) is 0 Å². The number of carbonyl (C=O) groups excluding carboxylic acids is 1. The molecule has 144 valence electrons. The van der Waals surface area contributed by atoms with Crippen LogP contribution in [0.4, 0.5) is 5.69 Å². The molecule has 0 unspecified atom stereocenters. The number of benzene rings is 2. The summed E-state index contributed by atoms with van der Waals surface area (Å²) in [5.41, 5.74) is 5.16. The van der Waals surface area contributed by atoms with Crippen molar-refractivity contribution in [2.45, 2.75) is 58.4 Å². The normalized spacial score (nSPS) is 14.4. The second-order valence-electron chi connectivity index (χ2n) is 8.58. The highest BCUT2D eigenvalue weighted by atomic mass is 16.1. The van der Waals surface area contributed by atoms with Gasteiger partial charge >= 0.3 is 0 Å². The maximum atomic E-state index is 12.2. The molecule has 1 N–H and O–H groups in total. The highest BCUT2D eigenvalue weighted by Gasteiger charge is 2.13. The Bertz CT molecular complexity index is 735. The van der Waals surface area contributed by atoms with Crippen molar-refractivity contribution in [1.82, 2.24) is 5.32 Å². The molecule has 27 heavy (non-hydrogen) atoms. The first-order valence-corrected chi connectivity index (χ1v) is 10.1. The van der Waals surface area contributed by atoms with Crippen LogP contribution in [0.25, 0.3) is 0 Å². The van der Waals surface area contributed by atoms with Gasteiger partial charge in [0.15, 0.2) is 0 Å². The summed E-state index contributed by atoms with van der Waals surface area (Å²) in [5, 5.41) is 3.04. The average molecular weight is 365 g/mol. The molecular weight excluding hydrogens is 332 g/mol. The van der Waals surface area contributed by atoms with Crippen LogP contribution in [0.3, 0.4) is 0 Å². The van der Waals surface area contributed by atoms with Crippen LogP contribution in [0.15, 0.2) is 48.5 Å². The molecule has 0 saturated carbocycles. The van der Waals surface area contributed by atoms with Crippen molar-refractivity contribution < 1.29 is 4.79 Å². The summed E-state index contributed by atoms with van der Waals surface area (Å²) in [7, 11) is 0. The molecule has 1 aliphatic rings. The van der Waals surface area contributed by atoms with Crippen molar-refractivity contribution in [1.29, 1.82) is 0 Å². The number of rotatable bonds is 6. The molecule has 1 aliphatic heterocycles. The molecule has 1 heterocycles. The van der Waals surface area contributed by atoms with Gasteiger partial charge in [0.25, 0.3) is 0 Å². The van der Waals surface area contributed by atoms with Gasteiger partial charge in [-0.3, -0.25) is 4.79 Å². The summed E-state index contributed by atoms with van der Waals surface area (Å²) in [5.74, 6) is 0.110. The molecule has 0 aliphatic carbocycles. The molecular formula is C24H32N2O. The van der Waals surface area contributed by atoms with E-state index in [2.05, 4.69) is 79.5 Å². The highest BCUT2D eigenvalue weighted by Crippen LogP contribution is 2.22. The second kappa shape index (κ2) is 8.60. The highest BCUT2D eigenvalue weighted by molar-refractivity contribution is 5.76. The standard InChI is InChI=1S/C24H32N2O/c1-24(2,3)21-11-6-19(7-12-21)10-15-23(27)25-18-20-8-13-22(14-9-20)26-16-4-5-17-26/h6-9,11-14H,4-5,10,15-18H2,1-3H3,(H,25,27). The zero-order chi connectivity index (χ0) is 19.3. The Balaban J connectivity index is 1.43. The number of carbonyl (C=O) groups is 1. The minimum absolute atomic E-state index is 0.110. The summed E-state index contributed by atoms with van der Waals surface area (Å²) in [6.07, 6.45) is 3.89. The van der Waals surface area contributed by atoms with Gasteiger partial charge in [0.1, 0.15) is 0 Å². The van der Waals surface area contributed by atoms with Crippen molar-refractivity contribution in [2.75, 3.05) is 18.0 Å². The molecule has 0 radical (unpaired) electrons. The van der Waals surface area contributed by atoms with Crippen molar-refractivity contribution in [3.63, 3.8) is 0 Å². The van der Waals surface area contributed by atoms with Crippen LogP contribution in [0.2, 0.25) is 0 Å². The van der Waals surface area contributed by atoms with Crippen molar-refractivity contribution in [2.24, 2.45) is 0 Å². The fraction of sp³-hybridized carbons (Fsp3) is 0.458. The lowest BCUT2D eigenvalue weighted by Crippen LogP contribution is -2.23. The van der Waals surface area contributed by atoms with Gasteiger partial charge in [0.2, 0.25) is 5.91 Å². The number of hydrogen-bond acceptors (Lipinski definition) is 2. The zero-order valence-electron chi connectivity index (χ0n) is 16.9. The van der Waals surface area contributed by atoms with Crippen LogP contribution in [-0.2, 0) is 23.2 Å². The third-order valence-corrected chi connectivity index (χ3v) is 5.36. The van der Waals surface area contributed by atoms with E-state index in [0.717, 1.165) is 25.1 Å². The number of nitrogens with one attached hydrogen (secondary N) is 1. The number of amides is 1. The summed E-state index contributed by atoms with van der Waals surface area (Å²) < 4.78 is 0. The van der Waals surface area contributed by atoms with Gasteiger partial charge in [-0.2, -0.15) is 0 Å². The molecule has 2 aromatic carbocycles. The first-order chi connectivity index (χ1) is 12.9. The smallest absolute Gasteiger partial charge is 0.220 e. The fourth-order valence-corrected chi connectivity index (χ4v) is 3.52. The first kappa shape index (κ1) is 19.5. The number of anilines is 1. The Morgan fingerprint density at radius 2 is 1.52 bits per heavy atom. The van der Waals surface area contributed by atoms with E-state index in [1.165, 1.54) is 29.7 Å². The molecule has 2 aromatic rings. The Morgan fingerprint density at radius 1 is 0.926 bits per heavy atom. The van der Waals surface area contributed by atoms with Crippen molar-refractivity contribution in [3.8, 4) is 0 Å². The predicted molar refractivity (Wildman–Crippen MR) is 113 cm³/mol. The third-order valence-electron chi connectivity index (χ3n) is 5.36. The van der Waals surface area contributed by atoms with Crippen molar-refractivity contribution in [3.05, 3.63) is 65.2 Å². The zero-order valence-corrected chi connectivity index (χ0v) is 16.9. The van der Waals surface area contributed by atoms with E-state index in [0.29, 0.717) is 13.0 Å². The van der Waals surface area contributed by atoms with Crippen LogP contribution in [0.5, 0.6) is 0 Å². The topological polar surface area (TPSA) is 32.3 Å². The maximum Gasteiger partial charge on any atom is 0.220 e. The molecule has 0 spiro atoms. The molecule has 0 bridgehead atoms. The van der Waals surface area contributed by atoms with Gasteiger partial charge in [-0.25, -0.2) is 0 Å². The molecule has 0 aromatic heterocycles. The van der Waals surface area contributed by atoms with Crippen LogP contribution >= 0.6 is 0 Å². The number of hydrogen-bond donors (Lipinski definition) is 1. The van der Waals surface area contributed by atoms with Gasteiger partial charge in [0, 0.05) is 31.7 Å². The summed E-state index contributed by atoms with van der Waals surface area (Å²) >= 11 is 0. The molecule has 3 heteroatoms. The van der Waals surface area contributed by atoms with E-state index in [4.69, 9.17) is 0 Å². The third kappa shape index (κ3) is 5.59. The van der Waals surface area contributed by atoms with E-state index < -0.39 is 0 Å². The lowest BCUT2D eigenvalue weighted by Gasteiger charge is -2.19. The molecule has 1 saturated heterocycles. The maximum absolute atomic E-state index is 12.2. The second-order valence-corrected chi connectivity index (χ2v) is 8.58. The fourth-order valence-electron chi connectivity index (χ4n) is 3.52. The van der Waals surface area contributed by atoms with Gasteiger partial charge in [-0.15, -0.1) is 0 Å². The van der Waals surface area contributed by atoms with E-state index in [9.17, 15) is 4.79 Å². The predicted octanol–water partition coefficient (Wildman–Crippen LogP) is 4.83. The number of nitrogens with zero attached hydrogens (tertiary/aromatic N) is 1. The SMILES string of the molecule is CC(C)(C)c1ccc(CCC(=O)NCc2ccc(N3CCCC3)cc2)cc1. The van der Waals surface area contributed by atoms with Gasteiger partial charge < -0.3 is 10.2 Å². The summed E-state index contributed by atoms with van der Waals surface area (Å²) in [6, 6.07) is 17.2. The Hall–Kier alpha value is -2.29. The molecule has 1 amide bonds. The minimum Gasteiger partial charge on any atom is -0.372 e. The van der Waals surface area contributed by atoms with Crippen molar-refractivity contribution >= 4 is 11.6 Å². The van der Waals surface area contributed by atoms with Gasteiger partial charge in [0.05, 0.1) is 0 Å². The Morgan fingerprint density at radius 3 is 2.11 bits per heavy atom. The summed E-state index contributed by atoms with van der Waals surface area (Å²) in [4.78, 5) is 14.6. The van der Waals surface area contributed by atoms with E-state index >= 15 is 0 Å². The first-order valence-electron chi connectivity index (χ1n) is 10.1.